The fourth-order valence-electron chi connectivity index (χ4n) is 5.31. The van der Waals surface area contributed by atoms with E-state index in [9.17, 15) is 0 Å². The van der Waals surface area contributed by atoms with Gasteiger partial charge in [0.15, 0.2) is 0 Å². The number of fused-ring (bicyclic) bond motifs is 3. The van der Waals surface area contributed by atoms with Gasteiger partial charge in [0.25, 0.3) is 0 Å². The van der Waals surface area contributed by atoms with Crippen molar-refractivity contribution in [2.75, 3.05) is 0 Å². The van der Waals surface area contributed by atoms with Crippen LogP contribution in [0.15, 0.2) is 93.8 Å². The SMILES string of the molecule is Cl.Cl.[CH2]=[Zr]([CH2]c1ccccc1)([C]1=CC(C(C)(C)C)=CC1)[c]1cccc2c1Cc1ccccc1-2. The molecule has 5 rings (SSSR count). The minimum atomic E-state index is -3.17. The molecule has 0 aromatic heterocycles. The molecule has 0 N–H and O–H groups in total. The van der Waals surface area contributed by atoms with Gasteiger partial charge < -0.3 is 0 Å². The Bertz CT molecular complexity index is 1260. The third-order valence-electron chi connectivity index (χ3n) is 7.07. The summed E-state index contributed by atoms with van der Waals surface area (Å²) in [5.74, 6) is 0. The quantitative estimate of drug-likeness (QED) is 0.241. The van der Waals surface area contributed by atoms with Crippen LogP contribution in [0.3, 0.4) is 0 Å². The predicted octanol–water partition coefficient (Wildman–Crippen LogP) is 7.77. The van der Waals surface area contributed by atoms with Gasteiger partial charge in [0.1, 0.15) is 0 Å². The summed E-state index contributed by atoms with van der Waals surface area (Å²) in [7, 11) is 0. The van der Waals surface area contributed by atoms with Crippen LogP contribution in [0.4, 0.5) is 0 Å². The molecule has 0 radical (unpaired) electrons. The molecule has 1 atom stereocenters. The van der Waals surface area contributed by atoms with E-state index in [1.807, 2.05) is 0 Å². The first-order chi connectivity index (χ1) is 14.9. The van der Waals surface area contributed by atoms with Crippen LogP contribution in [0.1, 0.15) is 43.9 Å². The molecule has 0 saturated carbocycles. The van der Waals surface area contributed by atoms with E-state index in [-0.39, 0.29) is 30.2 Å². The topological polar surface area (TPSA) is 0 Å². The van der Waals surface area contributed by atoms with Crippen molar-refractivity contribution in [1.82, 2.24) is 0 Å². The molecule has 33 heavy (non-hydrogen) atoms. The average Bonchev–Trinajstić information content (AvgIpc) is 3.40. The predicted molar refractivity (Wildman–Crippen MR) is 146 cm³/mol. The number of hydrogen-bond donors (Lipinski definition) is 0. The van der Waals surface area contributed by atoms with Gasteiger partial charge in [-0.15, -0.1) is 24.8 Å². The molecule has 2 aliphatic carbocycles. The summed E-state index contributed by atoms with van der Waals surface area (Å²) in [5, 5.41) is 0. The Morgan fingerprint density at radius 2 is 1.48 bits per heavy atom. The Labute approximate surface area is 215 Å². The number of benzene rings is 3. The minimum absolute atomic E-state index is 0. The fourth-order valence-corrected chi connectivity index (χ4v) is 14.7. The Morgan fingerprint density at radius 1 is 0.818 bits per heavy atom. The molecule has 0 heterocycles. The van der Waals surface area contributed by atoms with Crippen molar-refractivity contribution in [2.24, 2.45) is 5.41 Å². The zero-order valence-electron chi connectivity index (χ0n) is 19.7. The summed E-state index contributed by atoms with van der Waals surface area (Å²) in [6, 6.07) is 27.0. The van der Waals surface area contributed by atoms with Gasteiger partial charge in [-0.25, -0.2) is 0 Å². The standard InChI is InChI=1S/C13H9.C9H13.C7H7.CH2.2ClH.Zr/c1-3-7-12-10(5-1)9-11-6-2-4-8-13(11)12;1-9(2,3)8-6-4-5-7-8;1-7-5-3-2-4-6-7;;;;/h1-5,7-8H,9H2;6-7H,4H2,1-3H3;2-6H,1H2;1H2;2*1H;. The van der Waals surface area contributed by atoms with Crippen LogP contribution in [0.5, 0.6) is 0 Å². The van der Waals surface area contributed by atoms with Crippen molar-refractivity contribution in [2.45, 2.75) is 37.7 Å². The van der Waals surface area contributed by atoms with Crippen LogP contribution in [0, 0.1) is 5.41 Å². The van der Waals surface area contributed by atoms with Gasteiger partial charge in [-0.3, -0.25) is 0 Å². The Kier molecular flexibility index (Phi) is 7.90. The Hall–Kier alpha value is -1.53. The number of allylic oxidation sites excluding steroid dienone is 4. The first-order valence-electron chi connectivity index (χ1n) is 11.4. The molecule has 3 aromatic carbocycles. The first-order valence-corrected chi connectivity index (χ1v) is 17.3. The second-order valence-electron chi connectivity index (χ2n) is 10.2. The van der Waals surface area contributed by atoms with Gasteiger partial charge >= 0.3 is 192 Å². The summed E-state index contributed by atoms with van der Waals surface area (Å²) in [6.45, 7) is 6.98. The molecule has 3 heteroatoms. The molecular formula is C30H33Cl2Zr. The van der Waals surface area contributed by atoms with Crippen molar-refractivity contribution in [1.29, 1.82) is 0 Å². The van der Waals surface area contributed by atoms with Crippen LogP contribution in [-0.4, -0.2) is 4.21 Å². The van der Waals surface area contributed by atoms with Crippen molar-refractivity contribution in [3.8, 4) is 11.1 Å². The number of hydrogen-bond acceptors (Lipinski definition) is 0. The summed E-state index contributed by atoms with van der Waals surface area (Å²) < 4.78 is 9.55. The van der Waals surface area contributed by atoms with E-state index in [1.165, 1.54) is 27.8 Å². The van der Waals surface area contributed by atoms with Gasteiger partial charge in [-0.2, -0.15) is 0 Å². The molecule has 3 aromatic rings. The molecular weight excluding hydrogens is 522 g/mol. The molecule has 0 amide bonds. The van der Waals surface area contributed by atoms with Gasteiger partial charge in [0.2, 0.25) is 0 Å². The van der Waals surface area contributed by atoms with Crippen LogP contribution in [0.2, 0.25) is 0 Å². The van der Waals surface area contributed by atoms with Crippen LogP contribution < -0.4 is 3.27 Å². The summed E-state index contributed by atoms with van der Waals surface area (Å²) in [4.78, 5) is 0. The summed E-state index contributed by atoms with van der Waals surface area (Å²) >= 11 is -3.17. The monoisotopic (exact) mass is 553 g/mol. The van der Waals surface area contributed by atoms with Crippen molar-refractivity contribution in [3.05, 3.63) is 110 Å². The molecule has 171 valence electrons. The normalized spacial score (nSPS) is 15.8. The molecule has 0 saturated heterocycles. The maximum atomic E-state index is 5.18. The van der Waals surface area contributed by atoms with E-state index in [0.29, 0.717) is 0 Å². The third kappa shape index (κ3) is 4.84. The molecule has 0 spiro atoms. The van der Waals surface area contributed by atoms with Crippen molar-refractivity contribution in [3.63, 3.8) is 0 Å². The van der Waals surface area contributed by atoms with Gasteiger partial charge in [0, 0.05) is 0 Å². The van der Waals surface area contributed by atoms with Crippen LogP contribution in [0.25, 0.3) is 11.1 Å². The van der Waals surface area contributed by atoms with Gasteiger partial charge in [-0.05, 0) is 0 Å². The molecule has 0 nitrogen and oxygen atoms in total. The number of halogens is 2. The van der Waals surface area contributed by atoms with E-state index in [4.69, 9.17) is 4.21 Å². The van der Waals surface area contributed by atoms with E-state index < -0.39 is 19.8 Å². The summed E-state index contributed by atoms with van der Waals surface area (Å²) in [5.41, 5.74) is 8.98. The van der Waals surface area contributed by atoms with Gasteiger partial charge in [0.05, 0.1) is 0 Å². The Balaban J connectivity index is 0.00000153. The molecule has 0 fully saturated rings. The zero-order chi connectivity index (χ0) is 21.6. The van der Waals surface area contributed by atoms with Crippen LogP contribution >= 0.6 is 24.8 Å². The maximum absolute atomic E-state index is 5.18. The molecule has 1 unspecified atom stereocenters. The van der Waals surface area contributed by atoms with Crippen molar-refractivity contribution < 1.29 is 19.8 Å². The van der Waals surface area contributed by atoms with E-state index >= 15 is 0 Å². The fraction of sp³-hybridized carbons (Fsp3) is 0.233. The van der Waals surface area contributed by atoms with E-state index in [1.54, 1.807) is 12.1 Å². The number of rotatable bonds is 4. The second-order valence-corrected chi connectivity index (χ2v) is 19.3. The van der Waals surface area contributed by atoms with Gasteiger partial charge in [-0.1, -0.05) is 0 Å². The molecule has 0 bridgehead atoms. The van der Waals surface area contributed by atoms with Crippen LogP contribution in [-0.2, 0) is 30.3 Å². The first kappa shape index (κ1) is 26.1. The van der Waals surface area contributed by atoms with E-state index in [0.717, 1.165) is 17.0 Å². The molecule has 2 aliphatic rings. The Morgan fingerprint density at radius 3 is 2.18 bits per heavy atom. The van der Waals surface area contributed by atoms with E-state index in [2.05, 4.69) is 106 Å². The second kappa shape index (κ2) is 9.99. The van der Waals surface area contributed by atoms with Crippen molar-refractivity contribution >= 4 is 32.3 Å². The zero-order valence-corrected chi connectivity index (χ0v) is 23.8. The third-order valence-corrected chi connectivity index (χ3v) is 17.1. The summed E-state index contributed by atoms with van der Waals surface area (Å²) in [6.07, 6.45) is 7.13. The molecule has 0 aliphatic heterocycles. The average molecular weight is 556 g/mol.